The summed E-state index contributed by atoms with van der Waals surface area (Å²) >= 11 is 5.86. The van der Waals surface area contributed by atoms with Crippen LogP contribution in [0.5, 0.6) is 0 Å². The number of fused-ring (bicyclic) bond motifs is 21. The monoisotopic (exact) mass is 1830 g/mol. The van der Waals surface area contributed by atoms with E-state index in [1.807, 2.05) is 35.3 Å². The lowest BCUT2D eigenvalue weighted by atomic mass is 9.34. The molecule has 3 saturated carbocycles. The van der Waals surface area contributed by atoms with E-state index in [1.54, 1.807) is 16.7 Å². The van der Waals surface area contributed by atoms with Gasteiger partial charge in [0.15, 0.2) is 0 Å². The summed E-state index contributed by atoms with van der Waals surface area (Å²) in [4.78, 5) is 23.8. The summed E-state index contributed by atoms with van der Waals surface area (Å²) < 4.78 is 0. The molecule has 12 heteroatoms. The van der Waals surface area contributed by atoms with Crippen LogP contribution in [0.3, 0.4) is 0 Å². The van der Waals surface area contributed by atoms with E-state index in [-0.39, 0.29) is 53.0 Å². The molecule has 0 spiro atoms. The van der Waals surface area contributed by atoms with Gasteiger partial charge in [-0.3, -0.25) is 0 Å². The Hall–Kier alpha value is -13.2. The molecular weight excluding hydrogens is 1730 g/mol. The second-order valence-corrected chi connectivity index (χ2v) is 44.9. The minimum absolute atomic E-state index is 0.0837. The molecule has 9 aliphatic heterocycles. The van der Waals surface area contributed by atoms with Crippen molar-refractivity contribution in [2.45, 2.75) is 181 Å². The average Bonchev–Trinajstić information content (AvgIpc) is 1.45. The number of benzene rings is 17. The molecule has 0 saturated heterocycles. The van der Waals surface area contributed by atoms with Crippen LogP contribution in [0.4, 0.5) is 85.3 Å². The van der Waals surface area contributed by atoms with Crippen molar-refractivity contribution in [3.8, 4) is 22.3 Å². The minimum atomic E-state index is 0.0837. The van der Waals surface area contributed by atoms with E-state index in [4.69, 9.17) is 0 Å². The van der Waals surface area contributed by atoms with Gasteiger partial charge in [-0.15, -0.1) is 0 Å². The Bertz CT molecular complexity index is 7650. The first-order chi connectivity index (χ1) is 67.7. The lowest BCUT2D eigenvalue weighted by molar-refractivity contribution is 0.195. The Balaban J connectivity index is 0.000000105. The summed E-state index contributed by atoms with van der Waals surface area (Å²) in [5, 5.41) is 0. The number of rotatable bonds is 11. The molecule has 12 aliphatic rings. The van der Waals surface area contributed by atoms with Crippen LogP contribution in [0.2, 0.25) is 0 Å². The highest BCUT2D eigenvalue weighted by Crippen LogP contribution is 2.66. The highest BCUT2D eigenvalue weighted by molar-refractivity contribution is 8.00. The van der Waals surface area contributed by atoms with Gasteiger partial charge < -0.3 is 29.4 Å². The molecule has 0 N–H and O–H groups in total. The van der Waals surface area contributed by atoms with Gasteiger partial charge in [-0.2, -0.15) is 0 Å². The zero-order valence-electron chi connectivity index (χ0n) is 79.2. The zero-order chi connectivity index (χ0) is 92.1. The standard InChI is InChI=1S/2C44H37BN2S.C38H33BN2S/c1-43-26-9-10-27-44(43,2)47-38-22-13-23-40-41(38)45(36-21-12-20-35(43)42(36)47)37-29-31(24-25-39(37)48-40)30-14-11-19-34(28-30)46(32-15-5-3-6-16-32)33-17-7-4-8-18-33;1-43-27-9-10-28-44(43,2)47-38-19-12-20-39-41(38)45(37-18-11-17-35(43)42(37)47)36-26-23-31(29-40(36)48-39)30-21-24-34(25-22-30)46(32-13-5-3-6-14-32)33-15-7-4-8-16-33;1-37-23-9-10-24-38(37,2)41-32-19-12-20-34-35(32)39(30-18-11-17-29(37)36(30)41)31-25-28(21-22-33(31)42-34)40(26-13-5-3-6-14-26)27-15-7-4-8-16-27/h3-8,11-25,28-29H,9-10,26-27H2,1-2H3;3-8,11-26,29H,9-10,27-28H2,1-2H3;3-8,11-22,25H,9-10,23-24H2,1-2H3. The molecular formula is C126H107B3N6S3. The molecule has 6 atom stereocenters. The van der Waals surface area contributed by atoms with Crippen molar-refractivity contribution in [1.29, 1.82) is 0 Å². The van der Waals surface area contributed by atoms with Gasteiger partial charge >= 0.3 is 0 Å². The number of nitrogens with zero attached hydrogens (tertiary/aromatic N) is 6. The molecule has 0 amide bonds. The number of anilines is 15. The predicted octanol–water partition coefficient (Wildman–Crippen LogP) is 27.9. The molecule has 0 aromatic heterocycles. The van der Waals surface area contributed by atoms with E-state index < -0.39 is 0 Å². The third-order valence-electron chi connectivity index (χ3n) is 35.0. The first kappa shape index (κ1) is 84.1. The molecule has 17 aromatic rings. The summed E-state index contributed by atoms with van der Waals surface area (Å²) in [5.74, 6) is 0. The Morgan fingerprint density at radius 3 is 0.906 bits per heavy atom. The molecule has 138 heavy (non-hydrogen) atoms. The molecule has 3 aliphatic carbocycles. The maximum atomic E-state index is 2.80. The van der Waals surface area contributed by atoms with E-state index in [2.05, 4.69) is 465 Å². The Kier molecular flexibility index (Phi) is 19.6. The Morgan fingerprint density at radius 2 is 0.500 bits per heavy atom. The summed E-state index contributed by atoms with van der Waals surface area (Å²) in [6.07, 6.45) is 15.4. The van der Waals surface area contributed by atoms with Crippen molar-refractivity contribution >= 4 is 190 Å². The summed E-state index contributed by atoms with van der Waals surface area (Å²) in [6.45, 7) is 16.0. The molecule has 668 valence electrons. The summed E-state index contributed by atoms with van der Waals surface area (Å²) in [7, 11) is 0. The fourth-order valence-corrected chi connectivity index (χ4v) is 31.3. The maximum absolute atomic E-state index is 2.80. The van der Waals surface area contributed by atoms with Crippen LogP contribution in [0, 0.1) is 0 Å². The average molecular weight is 1830 g/mol. The largest absolute Gasteiger partial charge is 0.335 e. The van der Waals surface area contributed by atoms with Gasteiger partial charge in [0.25, 0.3) is 0 Å². The van der Waals surface area contributed by atoms with Crippen molar-refractivity contribution in [3.05, 3.63) is 411 Å². The van der Waals surface area contributed by atoms with E-state index in [1.165, 1.54) is 229 Å². The first-order valence-electron chi connectivity index (χ1n) is 50.3. The summed E-state index contributed by atoms with van der Waals surface area (Å²) in [5.41, 5.74) is 42.9. The van der Waals surface area contributed by atoms with Crippen LogP contribution in [-0.2, 0) is 16.2 Å². The fraction of sp³-hybridized carbons (Fsp3) is 0.190. The molecule has 17 aromatic carbocycles. The van der Waals surface area contributed by atoms with Crippen molar-refractivity contribution in [1.82, 2.24) is 0 Å². The minimum Gasteiger partial charge on any atom is -0.335 e. The normalized spacial score (nSPS) is 21.6. The number of para-hydroxylation sites is 9. The van der Waals surface area contributed by atoms with E-state index in [9.17, 15) is 0 Å². The van der Waals surface area contributed by atoms with Gasteiger partial charge in [0.2, 0.25) is 20.1 Å². The topological polar surface area (TPSA) is 19.4 Å². The molecule has 3 fully saturated rings. The van der Waals surface area contributed by atoms with Gasteiger partial charge in [-0.1, -0.05) is 341 Å². The highest BCUT2D eigenvalue weighted by atomic mass is 32.2. The first-order valence-corrected chi connectivity index (χ1v) is 52.7. The van der Waals surface area contributed by atoms with Crippen molar-refractivity contribution < 1.29 is 0 Å². The highest BCUT2D eigenvalue weighted by Gasteiger charge is 2.65. The second kappa shape index (κ2) is 32.2. The van der Waals surface area contributed by atoms with Gasteiger partial charge in [0.05, 0.1) is 16.6 Å². The quantitative estimate of drug-likeness (QED) is 0.117. The molecule has 0 radical (unpaired) electrons. The lowest BCUT2D eigenvalue weighted by Gasteiger charge is -2.52. The van der Waals surface area contributed by atoms with Crippen LogP contribution in [0.1, 0.15) is 135 Å². The van der Waals surface area contributed by atoms with E-state index in [0.717, 1.165) is 34.1 Å². The maximum Gasteiger partial charge on any atom is 0.249 e. The fourth-order valence-electron chi connectivity index (χ4n) is 27.8. The van der Waals surface area contributed by atoms with Crippen LogP contribution in [-0.4, -0.2) is 36.8 Å². The Labute approximate surface area is 826 Å². The van der Waals surface area contributed by atoms with Crippen LogP contribution in [0.15, 0.2) is 424 Å². The van der Waals surface area contributed by atoms with Gasteiger partial charge in [0, 0.05) is 131 Å². The van der Waals surface area contributed by atoms with Crippen LogP contribution in [0.25, 0.3) is 22.3 Å². The van der Waals surface area contributed by atoms with Crippen molar-refractivity contribution in [2.75, 3.05) is 29.4 Å². The smallest absolute Gasteiger partial charge is 0.249 e. The van der Waals surface area contributed by atoms with Crippen LogP contribution < -0.4 is 78.6 Å². The number of hydrogen-bond acceptors (Lipinski definition) is 9. The number of hydrogen-bond donors (Lipinski definition) is 0. The molecule has 29 rings (SSSR count). The molecule has 6 nitrogen and oxygen atoms in total. The molecule has 6 unspecified atom stereocenters. The third-order valence-corrected chi connectivity index (χ3v) is 38.5. The zero-order valence-corrected chi connectivity index (χ0v) is 81.6. The summed E-state index contributed by atoms with van der Waals surface area (Å²) in [6, 6.07) is 147. The van der Waals surface area contributed by atoms with Gasteiger partial charge in [-0.25, -0.2) is 0 Å². The third kappa shape index (κ3) is 12.4. The van der Waals surface area contributed by atoms with Crippen molar-refractivity contribution in [3.63, 3.8) is 0 Å². The lowest BCUT2D eigenvalue weighted by Crippen LogP contribution is -2.63. The Morgan fingerprint density at radius 1 is 0.210 bits per heavy atom. The molecule has 0 bridgehead atoms. The van der Waals surface area contributed by atoms with Crippen molar-refractivity contribution in [2.24, 2.45) is 0 Å². The predicted molar refractivity (Wildman–Crippen MR) is 588 cm³/mol. The van der Waals surface area contributed by atoms with E-state index >= 15 is 0 Å². The SMILES string of the molecule is CC12CCCCC1(C)N1c3cccc4c3B(c3cc(-c5cccc(N(c6ccccc6)c6ccccc6)c5)ccc3S4)c3cccc2c31.CC12CCCCC1(C)N1c3cccc4c3B(c3cc(N(c5ccccc5)c5ccccc5)ccc3S4)c3cccc2c31.CC12CCCCC1(C)N1c3cccc4c3B(c3ccc(-c5ccc(N(c6ccccc6)c6ccccc6)cc5)cc3S4)c3cccc2c31. The van der Waals surface area contributed by atoms with E-state index in [0.29, 0.717) is 0 Å². The second-order valence-electron chi connectivity index (χ2n) is 41.7. The van der Waals surface area contributed by atoms with Gasteiger partial charge in [-0.05, 0) is 295 Å². The van der Waals surface area contributed by atoms with Crippen LogP contribution >= 0.6 is 35.3 Å². The molecule has 9 heterocycles. The van der Waals surface area contributed by atoms with Gasteiger partial charge in [0.1, 0.15) is 0 Å².